The first kappa shape index (κ1) is 13.1. The van der Waals surface area contributed by atoms with Gasteiger partial charge in [-0.3, -0.25) is 4.79 Å². The number of nitrogens with two attached hydrogens (primary N) is 1. The van der Waals surface area contributed by atoms with Gasteiger partial charge in [0.25, 0.3) is 5.91 Å². The molecule has 0 aliphatic carbocycles. The molecule has 2 aromatic rings. The van der Waals surface area contributed by atoms with E-state index in [4.69, 9.17) is 5.73 Å². The number of hydrogen-bond donors (Lipinski definition) is 2. The highest BCUT2D eigenvalue weighted by atomic mass is 19.1. The van der Waals surface area contributed by atoms with E-state index in [1.54, 1.807) is 6.07 Å². The van der Waals surface area contributed by atoms with Gasteiger partial charge in [0, 0.05) is 17.9 Å². The Hall–Kier alpha value is -2.30. The molecule has 0 aliphatic rings. The zero-order valence-electron chi connectivity index (χ0n) is 10.9. The van der Waals surface area contributed by atoms with Crippen molar-refractivity contribution in [2.75, 3.05) is 11.1 Å². The van der Waals surface area contributed by atoms with Crippen LogP contribution in [0.3, 0.4) is 0 Å². The van der Waals surface area contributed by atoms with Crippen LogP contribution >= 0.6 is 0 Å². The van der Waals surface area contributed by atoms with Gasteiger partial charge in [0.1, 0.15) is 11.5 Å². The number of rotatable bonds is 3. The van der Waals surface area contributed by atoms with E-state index < -0.39 is 5.82 Å². The molecule has 100 valence electrons. The molecule has 0 unspecified atom stereocenters. The van der Waals surface area contributed by atoms with E-state index in [0.717, 1.165) is 0 Å². The first-order valence-electron chi connectivity index (χ1n) is 6.02. The Morgan fingerprint density at radius 2 is 2.11 bits per heavy atom. The van der Waals surface area contributed by atoms with Crippen molar-refractivity contribution in [2.45, 2.75) is 19.9 Å². The normalized spacial score (nSPS) is 10.7. The smallest absolute Gasteiger partial charge is 0.272 e. The maximum atomic E-state index is 13.0. The first-order valence-corrected chi connectivity index (χ1v) is 6.02. The van der Waals surface area contributed by atoms with Crippen LogP contribution in [0.1, 0.15) is 30.4 Å². The van der Waals surface area contributed by atoms with Gasteiger partial charge in [0.2, 0.25) is 0 Å². The molecule has 0 bridgehead atoms. The number of carbonyl (C=O) groups is 1. The number of benzene rings is 1. The van der Waals surface area contributed by atoms with Gasteiger partial charge in [-0.1, -0.05) is 0 Å². The molecule has 0 radical (unpaired) electrons. The van der Waals surface area contributed by atoms with E-state index in [0.29, 0.717) is 11.4 Å². The van der Waals surface area contributed by atoms with Crippen molar-refractivity contribution in [3.63, 3.8) is 0 Å². The zero-order valence-corrected chi connectivity index (χ0v) is 10.9. The van der Waals surface area contributed by atoms with E-state index in [9.17, 15) is 9.18 Å². The summed E-state index contributed by atoms with van der Waals surface area (Å²) in [5.74, 6) is -0.742. The van der Waals surface area contributed by atoms with Crippen molar-refractivity contribution in [1.82, 2.24) is 4.57 Å². The fourth-order valence-corrected chi connectivity index (χ4v) is 1.85. The predicted molar refractivity (Wildman–Crippen MR) is 73.6 cm³/mol. The SMILES string of the molecule is CC(C)n1cccc1C(=O)Nc1ccc(F)c(N)c1. The van der Waals surface area contributed by atoms with Crippen LogP contribution in [-0.2, 0) is 0 Å². The van der Waals surface area contributed by atoms with Gasteiger partial charge >= 0.3 is 0 Å². The summed E-state index contributed by atoms with van der Waals surface area (Å²) in [5.41, 5.74) is 6.50. The van der Waals surface area contributed by atoms with Crippen molar-refractivity contribution in [2.24, 2.45) is 0 Å². The van der Waals surface area contributed by atoms with Crippen molar-refractivity contribution in [1.29, 1.82) is 0 Å². The highest BCUT2D eigenvalue weighted by molar-refractivity contribution is 6.03. The average Bonchev–Trinajstić information content (AvgIpc) is 2.83. The molecule has 19 heavy (non-hydrogen) atoms. The quantitative estimate of drug-likeness (QED) is 0.834. The zero-order chi connectivity index (χ0) is 14.0. The fourth-order valence-electron chi connectivity index (χ4n) is 1.85. The van der Waals surface area contributed by atoms with Crippen LogP contribution < -0.4 is 11.1 Å². The third kappa shape index (κ3) is 2.76. The Kier molecular flexibility index (Phi) is 3.55. The molecule has 3 N–H and O–H groups in total. The molecule has 1 amide bonds. The van der Waals surface area contributed by atoms with Crippen molar-refractivity contribution >= 4 is 17.3 Å². The minimum Gasteiger partial charge on any atom is -0.396 e. The Bertz CT molecular complexity index is 604. The number of anilines is 2. The van der Waals surface area contributed by atoms with Gasteiger partial charge in [0.15, 0.2) is 0 Å². The third-order valence-electron chi connectivity index (χ3n) is 2.82. The lowest BCUT2D eigenvalue weighted by Gasteiger charge is -2.13. The van der Waals surface area contributed by atoms with Crippen LogP contribution in [0.5, 0.6) is 0 Å². The number of amides is 1. The van der Waals surface area contributed by atoms with E-state index in [2.05, 4.69) is 5.32 Å². The number of carbonyl (C=O) groups excluding carboxylic acids is 1. The van der Waals surface area contributed by atoms with Crippen LogP contribution in [0.25, 0.3) is 0 Å². The van der Waals surface area contributed by atoms with Crippen LogP contribution in [0.2, 0.25) is 0 Å². The lowest BCUT2D eigenvalue weighted by atomic mass is 10.2. The molecule has 0 fully saturated rings. The highest BCUT2D eigenvalue weighted by Crippen LogP contribution is 2.18. The van der Waals surface area contributed by atoms with Crippen molar-refractivity contribution < 1.29 is 9.18 Å². The van der Waals surface area contributed by atoms with Gasteiger partial charge in [-0.25, -0.2) is 4.39 Å². The second kappa shape index (κ2) is 5.14. The Morgan fingerprint density at radius 3 is 2.74 bits per heavy atom. The standard InChI is InChI=1S/C14H16FN3O/c1-9(2)18-7-3-4-13(18)14(19)17-10-5-6-11(15)12(16)8-10/h3-9H,16H2,1-2H3,(H,17,19). The van der Waals surface area contributed by atoms with E-state index in [1.807, 2.05) is 30.7 Å². The second-order valence-electron chi connectivity index (χ2n) is 4.58. The topological polar surface area (TPSA) is 60.0 Å². The number of nitrogens with zero attached hydrogens (tertiary/aromatic N) is 1. The summed E-state index contributed by atoms with van der Waals surface area (Å²) in [6.45, 7) is 3.99. The molecule has 1 aromatic carbocycles. The van der Waals surface area contributed by atoms with E-state index >= 15 is 0 Å². The maximum absolute atomic E-state index is 13.0. The lowest BCUT2D eigenvalue weighted by molar-refractivity contribution is 0.101. The minimum atomic E-state index is -0.497. The predicted octanol–water partition coefficient (Wildman–Crippen LogP) is 3.04. The molecule has 0 saturated heterocycles. The monoisotopic (exact) mass is 261 g/mol. The van der Waals surface area contributed by atoms with E-state index in [1.165, 1.54) is 18.2 Å². The number of hydrogen-bond acceptors (Lipinski definition) is 2. The van der Waals surface area contributed by atoms with Gasteiger partial charge < -0.3 is 15.6 Å². The van der Waals surface area contributed by atoms with Crippen molar-refractivity contribution in [3.05, 3.63) is 48.0 Å². The molecule has 0 atom stereocenters. The fraction of sp³-hybridized carbons (Fsp3) is 0.214. The number of aromatic nitrogens is 1. The highest BCUT2D eigenvalue weighted by Gasteiger charge is 2.13. The van der Waals surface area contributed by atoms with Crippen LogP contribution in [0, 0.1) is 5.82 Å². The van der Waals surface area contributed by atoms with Gasteiger partial charge in [-0.05, 0) is 44.2 Å². The summed E-state index contributed by atoms with van der Waals surface area (Å²) in [6, 6.07) is 7.85. The first-order chi connectivity index (χ1) is 8.99. The number of nitrogens with one attached hydrogen (secondary N) is 1. The van der Waals surface area contributed by atoms with Crippen LogP contribution in [0.15, 0.2) is 36.5 Å². The summed E-state index contributed by atoms with van der Waals surface area (Å²) in [5, 5.41) is 2.70. The molecular weight excluding hydrogens is 245 g/mol. The molecule has 0 aliphatic heterocycles. The lowest BCUT2D eigenvalue weighted by Crippen LogP contribution is -2.17. The Morgan fingerprint density at radius 1 is 1.37 bits per heavy atom. The minimum absolute atomic E-state index is 0.0112. The summed E-state index contributed by atoms with van der Waals surface area (Å²) in [6.07, 6.45) is 1.85. The summed E-state index contributed by atoms with van der Waals surface area (Å²) >= 11 is 0. The van der Waals surface area contributed by atoms with Gasteiger partial charge in [-0.15, -0.1) is 0 Å². The van der Waals surface area contributed by atoms with Crippen LogP contribution in [0.4, 0.5) is 15.8 Å². The molecule has 2 rings (SSSR count). The molecule has 0 spiro atoms. The molecule has 5 heteroatoms. The van der Waals surface area contributed by atoms with E-state index in [-0.39, 0.29) is 17.6 Å². The summed E-state index contributed by atoms with van der Waals surface area (Å²) in [4.78, 5) is 12.1. The Labute approximate surface area is 111 Å². The average molecular weight is 261 g/mol. The number of nitrogen functional groups attached to an aromatic ring is 1. The third-order valence-corrected chi connectivity index (χ3v) is 2.82. The second-order valence-corrected chi connectivity index (χ2v) is 4.58. The van der Waals surface area contributed by atoms with Gasteiger partial charge in [-0.2, -0.15) is 0 Å². The summed E-state index contributed by atoms with van der Waals surface area (Å²) in [7, 11) is 0. The van der Waals surface area contributed by atoms with Crippen molar-refractivity contribution in [3.8, 4) is 0 Å². The summed E-state index contributed by atoms with van der Waals surface area (Å²) < 4.78 is 14.9. The molecular formula is C14H16FN3O. The molecule has 1 heterocycles. The molecule has 4 nitrogen and oxygen atoms in total. The largest absolute Gasteiger partial charge is 0.396 e. The molecule has 0 saturated carbocycles. The Balaban J connectivity index is 2.21. The van der Waals surface area contributed by atoms with Gasteiger partial charge in [0.05, 0.1) is 5.69 Å². The number of halogens is 1. The van der Waals surface area contributed by atoms with Crippen LogP contribution in [-0.4, -0.2) is 10.5 Å². The molecule has 1 aromatic heterocycles. The maximum Gasteiger partial charge on any atom is 0.272 e.